The number of amides is 1. The zero-order valence-corrected chi connectivity index (χ0v) is 18.7. The van der Waals surface area contributed by atoms with Crippen LogP contribution in [0, 0.1) is 11.6 Å². The molecule has 1 atom stereocenters. The highest BCUT2D eigenvalue weighted by Gasteiger charge is 2.30. The van der Waals surface area contributed by atoms with Crippen LogP contribution in [0.5, 0.6) is 6.01 Å². The fraction of sp³-hybridized carbons (Fsp3) is 0.304. The fourth-order valence-corrected chi connectivity index (χ4v) is 3.49. The normalized spacial score (nSPS) is 15.6. The average molecular weight is 508 g/mol. The van der Waals surface area contributed by atoms with Gasteiger partial charge in [-0.05, 0) is 48.4 Å². The van der Waals surface area contributed by atoms with E-state index in [4.69, 9.17) is 4.74 Å². The number of nitrogens with one attached hydrogen (secondary N) is 2. The topological polar surface area (TPSA) is 92.3 Å². The molecule has 0 spiro atoms. The van der Waals surface area contributed by atoms with Crippen molar-refractivity contribution in [2.24, 2.45) is 0 Å². The van der Waals surface area contributed by atoms with Gasteiger partial charge in [-0.2, -0.15) is 28.1 Å². The molecule has 1 fully saturated rings. The molecule has 2 heterocycles. The SMILES string of the molecule is O=C(NC1CCN(c2nc(NCc3ccc(F)cc3)nc(OCC(F)(F)F)n2)C1)c1ccc(F)cc1. The Hall–Kier alpha value is -4.03. The Kier molecular flexibility index (Phi) is 7.46. The molecule has 0 radical (unpaired) electrons. The number of carbonyl (C=O) groups excluding carboxylic acids is 1. The van der Waals surface area contributed by atoms with Crippen LogP contribution in [0.2, 0.25) is 0 Å². The van der Waals surface area contributed by atoms with Gasteiger partial charge >= 0.3 is 12.2 Å². The molecule has 3 aromatic rings. The lowest BCUT2D eigenvalue weighted by atomic mass is 10.2. The average Bonchev–Trinajstić information content (AvgIpc) is 3.31. The predicted octanol–water partition coefficient (Wildman–Crippen LogP) is 3.71. The first-order valence-corrected chi connectivity index (χ1v) is 10.9. The molecule has 1 saturated heterocycles. The molecule has 1 aliphatic heterocycles. The van der Waals surface area contributed by atoms with Crippen molar-refractivity contribution >= 4 is 17.8 Å². The lowest BCUT2D eigenvalue weighted by Gasteiger charge is -2.18. The summed E-state index contributed by atoms with van der Waals surface area (Å²) in [5, 5.41) is 5.72. The largest absolute Gasteiger partial charge is 0.454 e. The molecular formula is C23H21F5N6O2. The number of benzene rings is 2. The van der Waals surface area contributed by atoms with E-state index in [9.17, 15) is 26.7 Å². The smallest absolute Gasteiger partial charge is 0.422 e. The maximum absolute atomic E-state index is 13.1. The number of hydrogen-bond acceptors (Lipinski definition) is 7. The van der Waals surface area contributed by atoms with Gasteiger partial charge in [0.25, 0.3) is 5.91 Å². The Morgan fingerprint density at radius 3 is 2.33 bits per heavy atom. The minimum absolute atomic E-state index is 0.0275. The molecule has 1 unspecified atom stereocenters. The number of carbonyl (C=O) groups is 1. The number of alkyl halides is 3. The number of rotatable bonds is 8. The summed E-state index contributed by atoms with van der Waals surface area (Å²) in [4.78, 5) is 26.3. The fourth-order valence-electron chi connectivity index (χ4n) is 3.49. The minimum atomic E-state index is -4.59. The summed E-state index contributed by atoms with van der Waals surface area (Å²) in [6, 6.07) is 9.93. The van der Waals surface area contributed by atoms with E-state index in [0.29, 0.717) is 24.1 Å². The van der Waals surface area contributed by atoms with Crippen molar-refractivity contribution in [2.45, 2.75) is 25.2 Å². The van der Waals surface area contributed by atoms with Crippen LogP contribution >= 0.6 is 0 Å². The monoisotopic (exact) mass is 508 g/mol. The number of ether oxygens (including phenoxy) is 1. The van der Waals surface area contributed by atoms with Crippen molar-refractivity contribution in [3.05, 3.63) is 71.3 Å². The van der Waals surface area contributed by atoms with Gasteiger partial charge in [0.15, 0.2) is 6.61 Å². The molecule has 1 amide bonds. The second-order valence-corrected chi connectivity index (χ2v) is 8.04. The van der Waals surface area contributed by atoms with Crippen LogP contribution < -0.4 is 20.3 Å². The molecule has 2 aromatic carbocycles. The summed E-state index contributed by atoms with van der Waals surface area (Å²) in [5.74, 6) is -1.20. The minimum Gasteiger partial charge on any atom is -0.454 e. The third-order valence-corrected chi connectivity index (χ3v) is 5.24. The molecule has 2 N–H and O–H groups in total. The first kappa shape index (κ1) is 25.1. The van der Waals surface area contributed by atoms with Gasteiger partial charge in [0.2, 0.25) is 11.9 Å². The first-order valence-electron chi connectivity index (χ1n) is 10.9. The molecule has 1 aromatic heterocycles. The lowest BCUT2D eigenvalue weighted by Crippen LogP contribution is -2.37. The third-order valence-electron chi connectivity index (χ3n) is 5.24. The summed E-state index contributed by atoms with van der Waals surface area (Å²) in [7, 11) is 0. The Labute approximate surface area is 202 Å². The van der Waals surface area contributed by atoms with Crippen LogP contribution in [-0.4, -0.2) is 52.8 Å². The van der Waals surface area contributed by atoms with E-state index in [1.165, 1.54) is 36.4 Å². The highest BCUT2D eigenvalue weighted by atomic mass is 19.4. The van der Waals surface area contributed by atoms with Gasteiger partial charge in [0.05, 0.1) is 0 Å². The van der Waals surface area contributed by atoms with E-state index < -0.39 is 30.4 Å². The second kappa shape index (κ2) is 10.7. The second-order valence-electron chi connectivity index (χ2n) is 8.04. The van der Waals surface area contributed by atoms with E-state index in [2.05, 4.69) is 25.6 Å². The standard InChI is InChI=1S/C23H21F5N6O2/c24-16-5-1-14(2-6-16)11-29-20-31-21(33-22(32-20)36-13-23(26,27)28)34-10-9-18(12-34)30-19(35)15-3-7-17(25)8-4-15/h1-8,18H,9-13H2,(H,30,35)(H,29,31,32,33). The number of halogens is 5. The Bertz CT molecular complexity index is 1190. The van der Waals surface area contributed by atoms with Gasteiger partial charge in [0.1, 0.15) is 11.6 Å². The van der Waals surface area contributed by atoms with E-state index in [1.807, 2.05) is 0 Å². The highest BCUT2D eigenvalue weighted by Crippen LogP contribution is 2.22. The summed E-state index contributed by atoms with van der Waals surface area (Å²) >= 11 is 0. The lowest BCUT2D eigenvalue weighted by molar-refractivity contribution is -0.154. The van der Waals surface area contributed by atoms with E-state index in [0.717, 1.165) is 0 Å². The van der Waals surface area contributed by atoms with Crippen molar-refractivity contribution in [3.63, 3.8) is 0 Å². The molecular weight excluding hydrogens is 487 g/mol. The van der Waals surface area contributed by atoms with Crippen molar-refractivity contribution in [2.75, 3.05) is 29.9 Å². The molecule has 13 heteroatoms. The molecule has 190 valence electrons. The Morgan fingerprint density at radius 2 is 1.67 bits per heavy atom. The third kappa shape index (κ3) is 6.99. The van der Waals surface area contributed by atoms with Crippen LogP contribution in [0.1, 0.15) is 22.3 Å². The molecule has 0 aliphatic carbocycles. The molecule has 8 nitrogen and oxygen atoms in total. The van der Waals surface area contributed by atoms with Crippen LogP contribution in [0.25, 0.3) is 0 Å². The van der Waals surface area contributed by atoms with Gasteiger partial charge in [0, 0.05) is 31.2 Å². The van der Waals surface area contributed by atoms with Gasteiger partial charge in [-0.15, -0.1) is 0 Å². The summed E-state index contributed by atoms with van der Waals surface area (Å²) < 4.78 is 69.0. The number of anilines is 2. The molecule has 0 bridgehead atoms. The maximum atomic E-state index is 13.1. The van der Waals surface area contributed by atoms with Crippen molar-refractivity contribution in [1.29, 1.82) is 0 Å². The molecule has 0 saturated carbocycles. The van der Waals surface area contributed by atoms with Crippen LogP contribution in [-0.2, 0) is 6.54 Å². The van der Waals surface area contributed by atoms with Gasteiger partial charge in [-0.25, -0.2) is 8.78 Å². The zero-order chi connectivity index (χ0) is 25.7. The summed E-state index contributed by atoms with van der Waals surface area (Å²) in [6.45, 7) is -0.704. The quantitative estimate of drug-likeness (QED) is 0.448. The van der Waals surface area contributed by atoms with Crippen LogP contribution in [0.3, 0.4) is 0 Å². The number of aromatic nitrogens is 3. The Balaban J connectivity index is 1.45. The molecule has 1 aliphatic rings. The first-order chi connectivity index (χ1) is 17.1. The predicted molar refractivity (Wildman–Crippen MR) is 120 cm³/mol. The van der Waals surface area contributed by atoms with E-state index in [-0.39, 0.29) is 36.9 Å². The van der Waals surface area contributed by atoms with Gasteiger partial charge in [-0.3, -0.25) is 4.79 Å². The Morgan fingerprint density at radius 1 is 1.00 bits per heavy atom. The van der Waals surface area contributed by atoms with Gasteiger partial charge < -0.3 is 20.3 Å². The zero-order valence-electron chi connectivity index (χ0n) is 18.7. The molecule has 36 heavy (non-hydrogen) atoms. The van der Waals surface area contributed by atoms with E-state index >= 15 is 0 Å². The number of hydrogen-bond donors (Lipinski definition) is 2. The van der Waals surface area contributed by atoms with E-state index in [1.54, 1.807) is 17.0 Å². The van der Waals surface area contributed by atoms with Crippen molar-refractivity contribution < 1.29 is 31.5 Å². The maximum Gasteiger partial charge on any atom is 0.422 e. The molecule has 4 rings (SSSR count). The van der Waals surface area contributed by atoms with Gasteiger partial charge in [-0.1, -0.05) is 12.1 Å². The van der Waals surface area contributed by atoms with Crippen LogP contribution in [0.15, 0.2) is 48.5 Å². The summed E-state index contributed by atoms with van der Waals surface area (Å²) in [5.41, 5.74) is 0.992. The van der Waals surface area contributed by atoms with Crippen LogP contribution in [0.4, 0.5) is 33.8 Å². The number of nitrogens with zero attached hydrogens (tertiary/aromatic N) is 4. The summed E-state index contributed by atoms with van der Waals surface area (Å²) in [6.07, 6.45) is -4.06. The van der Waals surface area contributed by atoms with Crippen molar-refractivity contribution in [1.82, 2.24) is 20.3 Å². The highest BCUT2D eigenvalue weighted by molar-refractivity contribution is 5.94. The van der Waals surface area contributed by atoms with Crippen molar-refractivity contribution in [3.8, 4) is 6.01 Å².